The molecule has 1 aromatic heterocycles. The van der Waals surface area contributed by atoms with E-state index in [0.29, 0.717) is 18.8 Å². The van der Waals surface area contributed by atoms with E-state index in [1.165, 1.54) is 0 Å². The molecule has 1 amide bonds. The molecule has 1 aliphatic heterocycles. The second kappa shape index (κ2) is 8.17. The Morgan fingerprint density at radius 3 is 2.68 bits per heavy atom. The fourth-order valence-electron chi connectivity index (χ4n) is 3.70. The number of amides is 1. The fourth-order valence-corrected chi connectivity index (χ4v) is 3.89. The van der Waals surface area contributed by atoms with Gasteiger partial charge in [-0.05, 0) is 17.2 Å². The van der Waals surface area contributed by atoms with Crippen molar-refractivity contribution >= 4 is 17.5 Å². The molecule has 0 spiro atoms. The van der Waals surface area contributed by atoms with Crippen LogP contribution in [0.3, 0.4) is 0 Å². The zero-order valence-corrected chi connectivity index (χ0v) is 16.6. The van der Waals surface area contributed by atoms with Crippen LogP contribution < -0.4 is 5.32 Å². The van der Waals surface area contributed by atoms with Crippen LogP contribution in [0.2, 0.25) is 5.02 Å². The summed E-state index contributed by atoms with van der Waals surface area (Å²) < 4.78 is 1.85. The van der Waals surface area contributed by atoms with Gasteiger partial charge in [0.25, 0.3) is 5.91 Å². The monoisotopic (exact) mass is 394 g/mol. The summed E-state index contributed by atoms with van der Waals surface area (Å²) in [6.45, 7) is 2.87. The molecule has 2 aromatic carbocycles. The molecule has 0 saturated carbocycles. The first kappa shape index (κ1) is 18.7. The van der Waals surface area contributed by atoms with Crippen molar-refractivity contribution in [2.24, 2.45) is 7.05 Å². The molecule has 1 N–H and O–H groups in total. The number of nitrogens with zero attached hydrogens (tertiary/aromatic N) is 3. The van der Waals surface area contributed by atoms with Crippen LogP contribution in [0.1, 0.15) is 32.9 Å². The van der Waals surface area contributed by atoms with E-state index in [-0.39, 0.29) is 5.91 Å². The number of aryl methyl sites for hydroxylation is 1. The molecular formula is C22H23ClN4O. The molecule has 0 saturated heterocycles. The molecule has 1 aliphatic rings. The Hall–Kier alpha value is -2.63. The molecule has 144 valence electrons. The van der Waals surface area contributed by atoms with Gasteiger partial charge in [-0.3, -0.25) is 14.4 Å². The summed E-state index contributed by atoms with van der Waals surface area (Å²) >= 11 is 6.32. The molecule has 2 heterocycles. The second-order valence-corrected chi connectivity index (χ2v) is 7.53. The summed E-state index contributed by atoms with van der Waals surface area (Å²) in [4.78, 5) is 15.1. The first-order chi connectivity index (χ1) is 13.6. The van der Waals surface area contributed by atoms with Crippen LogP contribution in [-0.4, -0.2) is 27.1 Å². The lowest BCUT2D eigenvalue weighted by Gasteiger charge is -2.27. The molecule has 28 heavy (non-hydrogen) atoms. The Morgan fingerprint density at radius 2 is 1.89 bits per heavy atom. The molecule has 4 rings (SSSR count). The van der Waals surface area contributed by atoms with E-state index in [4.69, 9.17) is 11.6 Å². The SMILES string of the molecule is Cn1nc(C(=O)NCc2ccccc2)c2c1CCN(Cc1ccccc1Cl)C2. The lowest BCUT2D eigenvalue weighted by atomic mass is 10.0. The van der Waals surface area contributed by atoms with Gasteiger partial charge in [0.1, 0.15) is 0 Å². The van der Waals surface area contributed by atoms with E-state index in [1.807, 2.05) is 60.3 Å². The van der Waals surface area contributed by atoms with Crippen LogP contribution >= 0.6 is 11.6 Å². The zero-order valence-electron chi connectivity index (χ0n) is 15.9. The van der Waals surface area contributed by atoms with Crippen LogP contribution in [0.4, 0.5) is 0 Å². The molecule has 3 aromatic rings. The van der Waals surface area contributed by atoms with Gasteiger partial charge in [0.2, 0.25) is 0 Å². The Bertz CT molecular complexity index is 983. The highest BCUT2D eigenvalue weighted by Gasteiger charge is 2.27. The average molecular weight is 395 g/mol. The van der Waals surface area contributed by atoms with Gasteiger partial charge < -0.3 is 5.32 Å². The van der Waals surface area contributed by atoms with E-state index in [0.717, 1.165) is 46.9 Å². The van der Waals surface area contributed by atoms with Gasteiger partial charge in [0, 0.05) is 55.9 Å². The molecule has 0 bridgehead atoms. The molecule has 5 nitrogen and oxygen atoms in total. The van der Waals surface area contributed by atoms with Crippen molar-refractivity contribution in [3.63, 3.8) is 0 Å². The lowest BCUT2D eigenvalue weighted by molar-refractivity contribution is 0.0943. The first-order valence-electron chi connectivity index (χ1n) is 9.44. The summed E-state index contributed by atoms with van der Waals surface area (Å²) in [7, 11) is 1.91. The van der Waals surface area contributed by atoms with Gasteiger partial charge >= 0.3 is 0 Å². The van der Waals surface area contributed by atoms with Crippen molar-refractivity contribution in [1.29, 1.82) is 0 Å². The predicted molar refractivity (Wildman–Crippen MR) is 110 cm³/mol. The van der Waals surface area contributed by atoms with E-state index in [1.54, 1.807) is 0 Å². The minimum absolute atomic E-state index is 0.125. The number of rotatable bonds is 5. The van der Waals surface area contributed by atoms with Crippen molar-refractivity contribution < 1.29 is 4.79 Å². The van der Waals surface area contributed by atoms with Gasteiger partial charge in [-0.2, -0.15) is 5.10 Å². The number of aromatic nitrogens is 2. The largest absolute Gasteiger partial charge is 0.347 e. The van der Waals surface area contributed by atoms with E-state index in [2.05, 4.69) is 21.4 Å². The molecule has 0 radical (unpaired) electrons. The van der Waals surface area contributed by atoms with Gasteiger partial charge in [0.15, 0.2) is 5.69 Å². The van der Waals surface area contributed by atoms with Crippen molar-refractivity contribution in [2.45, 2.75) is 26.1 Å². The minimum atomic E-state index is -0.125. The summed E-state index contributed by atoms with van der Waals surface area (Å²) in [6, 6.07) is 17.8. The number of fused-ring (bicyclic) bond motifs is 1. The Labute approximate surface area is 169 Å². The predicted octanol–water partition coefficient (Wildman–Crippen LogP) is 3.56. The highest BCUT2D eigenvalue weighted by Crippen LogP contribution is 2.25. The van der Waals surface area contributed by atoms with Crippen molar-refractivity contribution in [3.8, 4) is 0 Å². The Balaban J connectivity index is 1.49. The smallest absolute Gasteiger partial charge is 0.272 e. The van der Waals surface area contributed by atoms with Gasteiger partial charge in [-0.1, -0.05) is 60.1 Å². The van der Waals surface area contributed by atoms with E-state index < -0.39 is 0 Å². The van der Waals surface area contributed by atoms with Crippen LogP contribution in [0.15, 0.2) is 54.6 Å². The number of halogens is 1. The van der Waals surface area contributed by atoms with Crippen LogP contribution in [0.5, 0.6) is 0 Å². The molecule has 0 fully saturated rings. The van der Waals surface area contributed by atoms with Gasteiger partial charge in [0.05, 0.1) is 0 Å². The van der Waals surface area contributed by atoms with Crippen LogP contribution in [-0.2, 0) is 33.1 Å². The highest BCUT2D eigenvalue weighted by molar-refractivity contribution is 6.31. The fraction of sp³-hybridized carbons (Fsp3) is 0.273. The summed E-state index contributed by atoms with van der Waals surface area (Å²) in [5.74, 6) is -0.125. The normalized spacial score (nSPS) is 13.9. The van der Waals surface area contributed by atoms with Crippen LogP contribution in [0, 0.1) is 0 Å². The van der Waals surface area contributed by atoms with Crippen molar-refractivity contribution in [3.05, 3.63) is 87.7 Å². The maximum absolute atomic E-state index is 12.8. The molecular weight excluding hydrogens is 372 g/mol. The summed E-state index contributed by atoms with van der Waals surface area (Å²) in [5, 5.41) is 8.29. The minimum Gasteiger partial charge on any atom is -0.347 e. The Kier molecular flexibility index (Phi) is 5.46. The number of nitrogens with one attached hydrogen (secondary N) is 1. The number of carbonyl (C=O) groups is 1. The zero-order chi connectivity index (χ0) is 19.5. The Morgan fingerprint density at radius 1 is 1.14 bits per heavy atom. The lowest BCUT2D eigenvalue weighted by Crippen LogP contribution is -2.32. The van der Waals surface area contributed by atoms with E-state index in [9.17, 15) is 4.79 Å². The first-order valence-corrected chi connectivity index (χ1v) is 9.82. The number of benzene rings is 2. The maximum Gasteiger partial charge on any atom is 0.272 e. The van der Waals surface area contributed by atoms with E-state index >= 15 is 0 Å². The average Bonchev–Trinajstić information content (AvgIpc) is 3.05. The third-order valence-corrected chi connectivity index (χ3v) is 5.55. The quantitative estimate of drug-likeness (QED) is 0.719. The molecule has 6 heteroatoms. The molecule has 0 aliphatic carbocycles. The topological polar surface area (TPSA) is 50.2 Å². The number of hydrogen-bond acceptors (Lipinski definition) is 3. The number of carbonyl (C=O) groups excluding carboxylic acids is 1. The summed E-state index contributed by atoms with van der Waals surface area (Å²) in [6.07, 6.45) is 0.870. The molecule has 0 atom stereocenters. The molecule has 0 unspecified atom stereocenters. The summed E-state index contributed by atoms with van der Waals surface area (Å²) in [5.41, 5.74) is 4.86. The standard InChI is InChI=1S/C22H23ClN4O/c1-26-20-11-12-27(14-17-9-5-6-10-19(17)23)15-18(20)21(25-26)22(28)24-13-16-7-3-2-4-8-16/h2-10H,11-15H2,1H3,(H,24,28). The van der Waals surface area contributed by atoms with Crippen molar-refractivity contribution in [1.82, 2.24) is 20.0 Å². The third-order valence-electron chi connectivity index (χ3n) is 5.18. The van der Waals surface area contributed by atoms with Crippen LogP contribution in [0.25, 0.3) is 0 Å². The second-order valence-electron chi connectivity index (χ2n) is 7.12. The number of hydrogen-bond donors (Lipinski definition) is 1. The van der Waals surface area contributed by atoms with Crippen molar-refractivity contribution in [2.75, 3.05) is 6.54 Å². The maximum atomic E-state index is 12.8. The highest BCUT2D eigenvalue weighted by atomic mass is 35.5. The van der Waals surface area contributed by atoms with Gasteiger partial charge in [-0.25, -0.2) is 0 Å². The third kappa shape index (κ3) is 3.96. The van der Waals surface area contributed by atoms with Gasteiger partial charge in [-0.15, -0.1) is 0 Å².